The van der Waals surface area contributed by atoms with Gasteiger partial charge in [-0.15, -0.1) is 5.10 Å². The van der Waals surface area contributed by atoms with Gasteiger partial charge in [0.2, 0.25) is 0 Å². The number of fused-ring (bicyclic) bond motifs is 1. The standard InChI is InChI=1S/C21H21F3N4O/c1-10-17-12(3)26-27-20(16(17)9-28(21(10)29)13-7-8-13)25-11(2)14-5-4-6-15(18(14)22)19(23)24/h4-6,9,11,13,19H,7-8H2,1-3H3,(H,25,27)/t11-/m1/s1. The van der Waals surface area contributed by atoms with Crippen LogP contribution in [-0.2, 0) is 0 Å². The zero-order valence-electron chi connectivity index (χ0n) is 16.3. The summed E-state index contributed by atoms with van der Waals surface area (Å²) in [6.07, 6.45) is 0.781. The number of anilines is 1. The summed E-state index contributed by atoms with van der Waals surface area (Å²) in [6, 6.07) is 3.51. The Morgan fingerprint density at radius 2 is 1.86 bits per heavy atom. The molecule has 152 valence electrons. The van der Waals surface area contributed by atoms with Crippen LogP contribution >= 0.6 is 0 Å². The Balaban J connectivity index is 1.80. The van der Waals surface area contributed by atoms with E-state index in [0.29, 0.717) is 27.8 Å². The van der Waals surface area contributed by atoms with Crippen LogP contribution in [0.3, 0.4) is 0 Å². The molecule has 1 fully saturated rings. The number of benzene rings is 1. The summed E-state index contributed by atoms with van der Waals surface area (Å²) in [4.78, 5) is 12.7. The summed E-state index contributed by atoms with van der Waals surface area (Å²) in [5.74, 6) is -0.546. The van der Waals surface area contributed by atoms with Gasteiger partial charge in [-0.05, 0) is 33.6 Å². The molecule has 1 aromatic carbocycles. The lowest BCUT2D eigenvalue weighted by molar-refractivity contribution is 0.146. The summed E-state index contributed by atoms with van der Waals surface area (Å²) in [6.45, 7) is 5.21. The Labute approximate surface area is 165 Å². The third-order valence-electron chi connectivity index (χ3n) is 5.44. The number of aromatic nitrogens is 3. The van der Waals surface area contributed by atoms with Crippen LogP contribution in [0.1, 0.15) is 60.7 Å². The molecule has 2 aromatic heterocycles. The van der Waals surface area contributed by atoms with Crippen molar-refractivity contribution in [2.75, 3.05) is 5.32 Å². The zero-order chi connectivity index (χ0) is 20.9. The number of rotatable bonds is 5. The van der Waals surface area contributed by atoms with Gasteiger partial charge in [-0.1, -0.05) is 18.2 Å². The summed E-state index contributed by atoms with van der Waals surface area (Å²) < 4.78 is 42.4. The van der Waals surface area contributed by atoms with Crippen molar-refractivity contribution >= 4 is 16.6 Å². The van der Waals surface area contributed by atoms with E-state index >= 15 is 0 Å². The van der Waals surface area contributed by atoms with Crippen LogP contribution in [0.15, 0.2) is 29.2 Å². The molecule has 0 aliphatic heterocycles. The molecule has 8 heteroatoms. The molecule has 3 aromatic rings. The van der Waals surface area contributed by atoms with Crippen molar-refractivity contribution in [1.82, 2.24) is 14.8 Å². The maximum absolute atomic E-state index is 14.5. The van der Waals surface area contributed by atoms with Crippen molar-refractivity contribution in [2.45, 2.75) is 52.1 Å². The fourth-order valence-electron chi connectivity index (χ4n) is 3.72. The number of hydrogen-bond donors (Lipinski definition) is 1. The number of nitrogens with zero attached hydrogens (tertiary/aromatic N) is 3. The number of hydrogen-bond acceptors (Lipinski definition) is 4. The van der Waals surface area contributed by atoms with E-state index in [0.717, 1.165) is 18.9 Å². The predicted octanol–water partition coefficient (Wildman–Crippen LogP) is 4.99. The highest BCUT2D eigenvalue weighted by Crippen LogP contribution is 2.36. The molecule has 0 saturated heterocycles. The summed E-state index contributed by atoms with van der Waals surface area (Å²) in [5.41, 5.74) is 0.649. The molecule has 0 spiro atoms. The third-order valence-corrected chi connectivity index (χ3v) is 5.44. The van der Waals surface area contributed by atoms with E-state index in [9.17, 15) is 18.0 Å². The summed E-state index contributed by atoms with van der Waals surface area (Å²) in [5, 5.41) is 12.9. The highest BCUT2D eigenvalue weighted by molar-refractivity contribution is 5.94. The van der Waals surface area contributed by atoms with Crippen molar-refractivity contribution in [3.63, 3.8) is 0 Å². The Bertz CT molecular complexity index is 1150. The Morgan fingerprint density at radius 1 is 1.17 bits per heavy atom. The molecule has 1 aliphatic rings. The number of alkyl halides is 2. The van der Waals surface area contributed by atoms with E-state index < -0.39 is 23.8 Å². The molecule has 29 heavy (non-hydrogen) atoms. The molecule has 4 rings (SSSR count). The highest BCUT2D eigenvalue weighted by Gasteiger charge is 2.27. The monoisotopic (exact) mass is 402 g/mol. The molecule has 1 aliphatic carbocycles. The lowest BCUT2D eigenvalue weighted by Crippen LogP contribution is -2.22. The van der Waals surface area contributed by atoms with Crippen molar-refractivity contribution in [2.24, 2.45) is 0 Å². The number of nitrogens with one attached hydrogen (secondary N) is 1. The largest absolute Gasteiger partial charge is 0.361 e. The van der Waals surface area contributed by atoms with Gasteiger partial charge in [0, 0.05) is 34.1 Å². The first-order valence-electron chi connectivity index (χ1n) is 9.51. The molecular weight excluding hydrogens is 381 g/mol. The van der Waals surface area contributed by atoms with Crippen LogP contribution < -0.4 is 10.9 Å². The van der Waals surface area contributed by atoms with Gasteiger partial charge >= 0.3 is 0 Å². The summed E-state index contributed by atoms with van der Waals surface area (Å²) >= 11 is 0. The molecule has 2 heterocycles. The topological polar surface area (TPSA) is 59.8 Å². The first-order chi connectivity index (χ1) is 13.8. The molecule has 5 nitrogen and oxygen atoms in total. The van der Waals surface area contributed by atoms with Gasteiger partial charge in [0.05, 0.1) is 17.3 Å². The normalized spacial score (nSPS) is 15.1. The van der Waals surface area contributed by atoms with E-state index in [1.54, 1.807) is 31.5 Å². The zero-order valence-corrected chi connectivity index (χ0v) is 16.3. The number of aryl methyl sites for hydroxylation is 2. The van der Waals surface area contributed by atoms with Gasteiger partial charge in [0.1, 0.15) is 5.82 Å². The molecule has 0 amide bonds. The second-order valence-corrected chi connectivity index (χ2v) is 7.54. The number of pyridine rings is 1. The van der Waals surface area contributed by atoms with Gasteiger partial charge < -0.3 is 9.88 Å². The van der Waals surface area contributed by atoms with Gasteiger partial charge in [0.25, 0.3) is 12.0 Å². The lowest BCUT2D eigenvalue weighted by Gasteiger charge is -2.19. The van der Waals surface area contributed by atoms with Gasteiger partial charge in [-0.2, -0.15) is 5.10 Å². The SMILES string of the molecule is Cc1nnc(N[C@H](C)c2cccc(C(F)F)c2F)c2cn(C3CC3)c(=O)c(C)c12. The average Bonchev–Trinajstić information content (AvgIpc) is 3.51. The minimum atomic E-state index is -2.89. The van der Waals surface area contributed by atoms with Crippen LogP contribution in [0.25, 0.3) is 10.8 Å². The van der Waals surface area contributed by atoms with Crippen LogP contribution in [0.5, 0.6) is 0 Å². The van der Waals surface area contributed by atoms with E-state index in [4.69, 9.17) is 0 Å². The Kier molecular flexibility index (Phi) is 4.80. The number of halogens is 3. The van der Waals surface area contributed by atoms with Crippen LogP contribution in [-0.4, -0.2) is 14.8 Å². The molecule has 0 bridgehead atoms. The van der Waals surface area contributed by atoms with Crippen molar-refractivity contribution < 1.29 is 13.2 Å². The van der Waals surface area contributed by atoms with E-state index in [1.807, 2.05) is 0 Å². The van der Waals surface area contributed by atoms with E-state index in [-0.39, 0.29) is 17.2 Å². The smallest absolute Gasteiger partial charge is 0.266 e. The molecular formula is C21H21F3N4O. The van der Waals surface area contributed by atoms with Gasteiger partial charge in [-0.3, -0.25) is 4.79 Å². The fraction of sp³-hybridized carbons (Fsp3) is 0.381. The van der Waals surface area contributed by atoms with Crippen LogP contribution in [0, 0.1) is 19.7 Å². The first kappa shape index (κ1) is 19.4. The highest BCUT2D eigenvalue weighted by atomic mass is 19.3. The third kappa shape index (κ3) is 3.36. The maximum Gasteiger partial charge on any atom is 0.266 e. The molecule has 0 radical (unpaired) electrons. The molecule has 1 atom stereocenters. The molecule has 1 N–H and O–H groups in total. The van der Waals surface area contributed by atoms with E-state index in [2.05, 4.69) is 15.5 Å². The minimum Gasteiger partial charge on any atom is -0.361 e. The van der Waals surface area contributed by atoms with Crippen LogP contribution in [0.2, 0.25) is 0 Å². The Morgan fingerprint density at radius 3 is 2.52 bits per heavy atom. The second-order valence-electron chi connectivity index (χ2n) is 7.54. The molecule has 1 saturated carbocycles. The minimum absolute atomic E-state index is 0.0502. The maximum atomic E-state index is 14.5. The van der Waals surface area contributed by atoms with Crippen molar-refractivity contribution in [3.8, 4) is 0 Å². The van der Waals surface area contributed by atoms with Crippen molar-refractivity contribution in [1.29, 1.82) is 0 Å². The average molecular weight is 402 g/mol. The van der Waals surface area contributed by atoms with E-state index in [1.165, 1.54) is 12.1 Å². The van der Waals surface area contributed by atoms with Gasteiger partial charge in [-0.25, -0.2) is 13.2 Å². The predicted molar refractivity (Wildman–Crippen MR) is 105 cm³/mol. The summed E-state index contributed by atoms with van der Waals surface area (Å²) in [7, 11) is 0. The Hall–Kier alpha value is -2.90. The first-order valence-corrected chi connectivity index (χ1v) is 9.51. The molecule has 0 unspecified atom stereocenters. The fourth-order valence-corrected chi connectivity index (χ4v) is 3.72. The van der Waals surface area contributed by atoms with Crippen molar-refractivity contribution in [3.05, 3.63) is 63.0 Å². The quantitative estimate of drug-likeness (QED) is 0.653. The second kappa shape index (κ2) is 7.17. The lowest BCUT2D eigenvalue weighted by atomic mass is 10.0. The van der Waals surface area contributed by atoms with Crippen LogP contribution in [0.4, 0.5) is 19.0 Å². The van der Waals surface area contributed by atoms with Gasteiger partial charge in [0.15, 0.2) is 5.82 Å².